The minimum absolute atomic E-state index is 0. The highest BCUT2D eigenvalue weighted by atomic mass is 35.5. The van der Waals surface area contributed by atoms with Crippen LogP contribution in [0.2, 0.25) is 0 Å². The van der Waals surface area contributed by atoms with Gasteiger partial charge in [0.2, 0.25) is 5.91 Å². The minimum atomic E-state index is 0. The fraction of sp³-hybridized carbons (Fsp3) is 0.733. The van der Waals surface area contributed by atoms with Crippen LogP contribution in [-0.2, 0) is 11.2 Å². The van der Waals surface area contributed by atoms with E-state index in [2.05, 4.69) is 27.0 Å². The van der Waals surface area contributed by atoms with Crippen LogP contribution in [0.25, 0.3) is 0 Å². The first-order chi connectivity index (χ1) is 10.3. The molecule has 1 amide bonds. The molecule has 2 fully saturated rings. The van der Waals surface area contributed by atoms with Crippen LogP contribution in [0.3, 0.4) is 0 Å². The van der Waals surface area contributed by atoms with Gasteiger partial charge in [-0.05, 0) is 32.4 Å². The summed E-state index contributed by atoms with van der Waals surface area (Å²) in [4.78, 5) is 22.7. The van der Waals surface area contributed by atoms with Crippen LogP contribution < -0.4 is 10.2 Å². The molecule has 1 aromatic heterocycles. The maximum atomic E-state index is 12.5. The summed E-state index contributed by atoms with van der Waals surface area (Å²) in [5, 5.41) is 4.43. The number of hydrogen-bond donors (Lipinski definition) is 1. The van der Waals surface area contributed by atoms with E-state index in [1.165, 1.54) is 4.88 Å². The van der Waals surface area contributed by atoms with Gasteiger partial charge in [-0.1, -0.05) is 6.92 Å². The number of thiazole rings is 1. The molecule has 0 aliphatic carbocycles. The molecule has 0 bridgehead atoms. The molecule has 124 valence electrons. The molecular weight excluding hydrogens is 320 g/mol. The third-order valence-corrected chi connectivity index (χ3v) is 5.64. The van der Waals surface area contributed by atoms with E-state index in [1.807, 2.05) is 6.20 Å². The van der Waals surface area contributed by atoms with E-state index in [9.17, 15) is 4.79 Å². The SMILES string of the molecule is CCc1cnc(N2CCN(C(=O)C3CCNCC3)CC2)s1.Cl. The fourth-order valence-corrected chi connectivity index (χ4v) is 3.95. The first kappa shape index (κ1) is 17.5. The van der Waals surface area contributed by atoms with Gasteiger partial charge in [0, 0.05) is 43.2 Å². The van der Waals surface area contributed by atoms with Crippen molar-refractivity contribution in [1.29, 1.82) is 0 Å². The molecule has 3 heterocycles. The van der Waals surface area contributed by atoms with Crippen LogP contribution >= 0.6 is 23.7 Å². The first-order valence-corrected chi connectivity index (χ1v) is 8.78. The molecule has 2 saturated heterocycles. The quantitative estimate of drug-likeness (QED) is 0.908. The number of nitrogens with one attached hydrogen (secondary N) is 1. The average molecular weight is 345 g/mol. The Kier molecular flexibility index (Phi) is 6.47. The number of carbonyl (C=O) groups is 1. The van der Waals surface area contributed by atoms with Crippen molar-refractivity contribution < 1.29 is 4.79 Å². The molecule has 1 aromatic rings. The zero-order valence-electron chi connectivity index (χ0n) is 13.1. The van der Waals surface area contributed by atoms with Crippen molar-refractivity contribution in [3.8, 4) is 0 Å². The summed E-state index contributed by atoms with van der Waals surface area (Å²) in [6.45, 7) is 7.62. The number of anilines is 1. The van der Waals surface area contributed by atoms with Gasteiger partial charge in [0.25, 0.3) is 0 Å². The highest BCUT2D eigenvalue weighted by molar-refractivity contribution is 7.15. The zero-order valence-corrected chi connectivity index (χ0v) is 14.7. The molecule has 0 saturated carbocycles. The summed E-state index contributed by atoms with van der Waals surface area (Å²) in [5.74, 6) is 0.605. The van der Waals surface area contributed by atoms with Gasteiger partial charge in [0.05, 0.1) is 0 Å². The van der Waals surface area contributed by atoms with Gasteiger partial charge < -0.3 is 15.1 Å². The number of halogens is 1. The van der Waals surface area contributed by atoms with Crippen LogP contribution in [0.15, 0.2) is 6.20 Å². The van der Waals surface area contributed by atoms with E-state index < -0.39 is 0 Å². The van der Waals surface area contributed by atoms with Gasteiger partial charge in [0.1, 0.15) is 0 Å². The standard InChI is InChI=1S/C15H24N4OS.ClH/c1-2-13-11-17-15(21-13)19-9-7-18(8-10-19)14(20)12-3-5-16-6-4-12;/h11-12,16H,2-10H2,1H3;1H. The van der Waals surface area contributed by atoms with Gasteiger partial charge in [-0.25, -0.2) is 4.98 Å². The van der Waals surface area contributed by atoms with E-state index in [1.54, 1.807) is 11.3 Å². The van der Waals surface area contributed by atoms with E-state index in [0.717, 1.165) is 63.7 Å². The number of hydrogen-bond acceptors (Lipinski definition) is 5. The molecular formula is C15H25ClN4OS. The number of amides is 1. The molecule has 1 N–H and O–H groups in total. The van der Waals surface area contributed by atoms with Crippen LogP contribution in [0.5, 0.6) is 0 Å². The first-order valence-electron chi connectivity index (χ1n) is 7.97. The van der Waals surface area contributed by atoms with Crippen molar-refractivity contribution >= 4 is 34.8 Å². The van der Waals surface area contributed by atoms with Crippen molar-refractivity contribution in [3.05, 3.63) is 11.1 Å². The lowest BCUT2D eigenvalue weighted by atomic mass is 9.96. The lowest BCUT2D eigenvalue weighted by molar-refractivity contribution is -0.136. The third-order valence-electron chi connectivity index (χ3n) is 4.44. The topological polar surface area (TPSA) is 48.5 Å². The molecule has 0 unspecified atom stereocenters. The second-order valence-corrected chi connectivity index (χ2v) is 6.89. The minimum Gasteiger partial charge on any atom is -0.345 e. The van der Waals surface area contributed by atoms with Crippen molar-refractivity contribution in [2.75, 3.05) is 44.2 Å². The summed E-state index contributed by atoms with van der Waals surface area (Å²) in [6, 6.07) is 0. The Morgan fingerprint density at radius 1 is 1.32 bits per heavy atom. The number of nitrogens with zero attached hydrogens (tertiary/aromatic N) is 3. The molecule has 2 aliphatic heterocycles. The van der Waals surface area contributed by atoms with Crippen molar-refractivity contribution in [3.63, 3.8) is 0 Å². The van der Waals surface area contributed by atoms with Gasteiger partial charge in [-0.15, -0.1) is 23.7 Å². The largest absolute Gasteiger partial charge is 0.345 e. The van der Waals surface area contributed by atoms with Gasteiger partial charge in [-0.3, -0.25) is 4.79 Å². The molecule has 0 atom stereocenters. The molecule has 7 heteroatoms. The second-order valence-electron chi connectivity index (χ2n) is 5.80. The summed E-state index contributed by atoms with van der Waals surface area (Å²) in [5.41, 5.74) is 0. The summed E-state index contributed by atoms with van der Waals surface area (Å²) < 4.78 is 0. The van der Waals surface area contributed by atoms with Crippen molar-refractivity contribution in [1.82, 2.24) is 15.2 Å². The average Bonchev–Trinajstić information content (AvgIpc) is 3.04. The highest BCUT2D eigenvalue weighted by Crippen LogP contribution is 2.24. The Balaban J connectivity index is 0.00000176. The Labute approximate surface area is 142 Å². The number of aromatic nitrogens is 1. The molecule has 3 rings (SSSR count). The maximum absolute atomic E-state index is 12.5. The number of piperidine rings is 1. The Morgan fingerprint density at radius 2 is 2.00 bits per heavy atom. The lowest BCUT2D eigenvalue weighted by Gasteiger charge is -2.37. The number of rotatable bonds is 3. The van der Waals surface area contributed by atoms with E-state index >= 15 is 0 Å². The fourth-order valence-electron chi connectivity index (χ4n) is 3.05. The van der Waals surface area contributed by atoms with Crippen molar-refractivity contribution in [2.24, 2.45) is 5.92 Å². The van der Waals surface area contributed by atoms with Crippen molar-refractivity contribution in [2.45, 2.75) is 26.2 Å². The second kappa shape index (κ2) is 8.13. The number of aryl methyl sites for hydroxylation is 1. The molecule has 22 heavy (non-hydrogen) atoms. The predicted molar refractivity (Wildman–Crippen MR) is 93.1 cm³/mol. The zero-order chi connectivity index (χ0) is 14.7. The molecule has 0 aromatic carbocycles. The van der Waals surface area contributed by atoms with E-state index in [4.69, 9.17) is 0 Å². The van der Waals surface area contributed by atoms with Crippen LogP contribution in [0.1, 0.15) is 24.6 Å². The summed E-state index contributed by atoms with van der Waals surface area (Å²) in [6.07, 6.45) is 5.01. The predicted octanol–water partition coefficient (Wildman–Crippen LogP) is 1.78. The Bertz CT molecular complexity index is 482. The van der Waals surface area contributed by atoms with Gasteiger partial charge >= 0.3 is 0 Å². The Morgan fingerprint density at radius 3 is 2.59 bits per heavy atom. The summed E-state index contributed by atoms with van der Waals surface area (Å²) in [7, 11) is 0. The molecule has 0 radical (unpaired) electrons. The van der Waals surface area contributed by atoms with Crippen LogP contribution in [0.4, 0.5) is 5.13 Å². The highest BCUT2D eigenvalue weighted by Gasteiger charge is 2.28. The summed E-state index contributed by atoms with van der Waals surface area (Å²) >= 11 is 1.78. The van der Waals surface area contributed by atoms with Crippen LogP contribution in [-0.4, -0.2) is 55.1 Å². The van der Waals surface area contributed by atoms with Gasteiger partial charge in [-0.2, -0.15) is 0 Å². The van der Waals surface area contributed by atoms with E-state index in [0.29, 0.717) is 5.91 Å². The Hall–Kier alpha value is -0.850. The monoisotopic (exact) mass is 344 g/mol. The van der Waals surface area contributed by atoms with Gasteiger partial charge in [0.15, 0.2) is 5.13 Å². The molecule has 0 spiro atoms. The molecule has 5 nitrogen and oxygen atoms in total. The number of piperazine rings is 1. The lowest BCUT2D eigenvalue weighted by Crippen LogP contribution is -2.51. The van der Waals surface area contributed by atoms with E-state index in [-0.39, 0.29) is 18.3 Å². The molecule has 2 aliphatic rings. The smallest absolute Gasteiger partial charge is 0.225 e. The third kappa shape index (κ3) is 3.91. The number of carbonyl (C=O) groups excluding carboxylic acids is 1. The maximum Gasteiger partial charge on any atom is 0.225 e. The normalized spacial score (nSPS) is 19.9. The van der Waals surface area contributed by atoms with Crippen LogP contribution in [0, 0.1) is 5.92 Å².